The number of rotatable bonds is 26. The molecule has 22 heteroatoms. The van der Waals surface area contributed by atoms with Crippen molar-refractivity contribution in [1.82, 2.24) is 15.5 Å². The summed E-state index contributed by atoms with van der Waals surface area (Å²) in [6.07, 6.45) is -5.55. The predicted molar refractivity (Wildman–Crippen MR) is 296 cm³/mol. The maximum atomic E-state index is 14.2. The Bertz CT molecular complexity index is 3140. The number of ketones is 5. The van der Waals surface area contributed by atoms with Crippen LogP contribution in [0.2, 0.25) is 0 Å². The van der Waals surface area contributed by atoms with Gasteiger partial charge in [-0.3, -0.25) is 38.4 Å². The number of nitrogen functional groups attached to an aromatic ring is 1. The first-order chi connectivity index (χ1) is 38.5. The lowest BCUT2D eigenvalue weighted by atomic mass is 9.81. The number of hydrogen-bond donors (Lipinski definition) is 6. The van der Waals surface area contributed by atoms with Crippen molar-refractivity contribution in [2.45, 2.75) is 126 Å². The zero-order valence-corrected chi connectivity index (χ0v) is 47.0. The summed E-state index contributed by atoms with van der Waals surface area (Å²) in [7, 11) is -1.36. The fourth-order valence-corrected chi connectivity index (χ4v) is 11.9. The summed E-state index contributed by atoms with van der Waals surface area (Å²) >= 11 is 0. The van der Waals surface area contributed by atoms with Crippen LogP contribution in [0.25, 0.3) is 0 Å². The number of methoxy groups -OCH3 is 2. The summed E-state index contributed by atoms with van der Waals surface area (Å²) in [6, 6.07) is 20.1. The smallest absolute Gasteiger partial charge is 0.246 e. The van der Waals surface area contributed by atoms with Gasteiger partial charge in [-0.05, 0) is 81.8 Å². The van der Waals surface area contributed by atoms with Crippen LogP contribution in [0.3, 0.4) is 0 Å². The largest absolute Gasteiger partial charge is 0.398 e. The van der Waals surface area contributed by atoms with E-state index in [1.807, 2.05) is 0 Å². The number of sulfone groups is 1. The van der Waals surface area contributed by atoms with Crippen molar-refractivity contribution >= 4 is 73.5 Å². The van der Waals surface area contributed by atoms with Crippen LogP contribution >= 0.6 is 0 Å². The van der Waals surface area contributed by atoms with E-state index in [4.69, 9.17) is 24.7 Å². The van der Waals surface area contributed by atoms with E-state index in [-0.39, 0.29) is 89.6 Å². The van der Waals surface area contributed by atoms with Gasteiger partial charge in [0, 0.05) is 74.4 Å². The van der Waals surface area contributed by atoms with Gasteiger partial charge in [0.05, 0.1) is 52.2 Å². The highest BCUT2D eigenvalue weighted by Crippen LogP contribution is 2.39. The number of nitrogens with zero attached hydrogens (tertiary/aromatic N) is 1. The Hall–Kier alpha value is -7.05. The number of fused-ring (bicyclic) bond motifs is 2. The van der Waals surface area contributed by atoms with E-state index in [1.165, 1.54) is 51.2 Å². The number of carbonyl (C=O) groups excluding carboxylic acids is 8. The number of amides is 3. The number of ether oxygens (including phenoxy) is 4. The molecule has 4 aromatic rings. The van der Waals surface area contributed by atoms with Gasteiger partial charge in [-0.15, -0.1) is 0 Å². The van der Waals surface area contributed by atoms with E-state index in [9.17, 15) is 57.0 Å². The fourth-order valence-electron chi connectivity index (χ4n) is 10.6. The minimum Gasteiger partial charge on any atom is -0.398 e. The van der Waals surface area contributed by atoms with Crippen molar-refractivity contribution < 1.29 is 75.9 Å². The third-order valence-electron chi connectivity index (χ3n) is 15.1. The normalized spacial score (nSPS) is 21.2. The van der Waals surface area contributed by atoms with E-state index in [0.29, 0.717) is 24.1 Å². The molecule has 2 fully saturated rings. The molecule has 10 atom stereocenters. The van der Waals surface area contributed by atoms with Crippen molar-refractivity contribution in [3.05, 3.63) is 118 Å². The topological polar surface area (TPSA) is 313 Å². The summed E-state index contributed by atoms with van der Waals surface area (Å²) in [5, 5.41) is 29.0. The summed E-state index contributed by atoms with van der Waals surface area (Å²) in [4.78, 5) is 110. The van der Waals surface area contributed by atoms with Gasteiger partial charge in [0.2, 0.25) is 17.7 Å². The minimum atomic E-state index is -3.97. The van der Waals surface area contributed by atoms with Gasteiger partial charge < -0.3 is 55.7 Å². The second kappa shape index (κ2) is 27.1. The monoisotopic (exact) mass is 1140 g/mol. The standard InChI is InChI=1S/C59H71N5O16S/c1-32-25-42(49-50(51(32)60)53(70)41-20-11-10-19-40(41)52(49)69)63-38-17-12-18-39(29-38)81(75,76)24-14-22-44(65)34(3)62-57(73)37(27-36-15-8-7-9-16-36)28-46(67)43-21-13-23-64(43)58(74)33(2)26-45(66)35(4)61-48(68)31-79-30-47-56(77-5)54(71)55(72)59(78-6)80-47/h7-12,15-20,25,29,33-35,37,43,47,54-56,59,63,71-72H,13-14,21-24,26-28,30-31,60H2,1-6H3,(H,61,68)(H,62,73)/t33?,34?,35?,37?,43?,47?,54-,55?,56-,59-/m1/s1. The van der Waals surface area contributed by atoms with Gasteiger partial charge in [-0.25, -0.2) is 8.42 Å². The number of carbonyl (C=O) groups is 8. The van der Waals surface area contributed by atoms with Crippen LogP contribution < -0.4 is 21.7 Å². The highest BCUT2D eigenvalue weighted by Gasteiger charge is 2.45. The van der Waals surface area contributed by atoms with Gasteiger partial charge in [-0.2, -0.15) is 0 Å². The zero-order chi connectivity index (χ0) is 58.9. The molecule has 0 saturated carbocycles. The third-order valence-corrected chi connectivity index (χ3v) is 16.9. The molecule has 0 radical (unpaired) electrons. The fraction of sp³-hybridized carbons (Fsp3) is 0.458. The molecule has 0 spiro atoms. The molecule has 4 aromatic carbocycles. The number of aryl methyl sites for hydroxylation is 1. The van der Waals surface area contributed by atoms with Gasteiger partial charge in [0.1, 0.15) is 31.0 Å². The summed E-state index contributed by atoms with van der Waals surface area (Å²) in [5.41, 5.74) is 9.04. The number of hydrogen-bond acceptors (Lipinski definition) is 18. The zero-order valence-electron chi connectivity index (χ0n) is 46.2. The number of anilines is 3. The van der Waals surface area contributed by atoms with Crippen LogP contribution in [0.15, 0.2) is 89.8 Å². The van der Waals surface area contributed by atoms with Crippen molar-refractivity contribution in [3.8, 4) is 0 Å². The molecular formula is C59H71N5O16S. The molecule has 2 heterocycles. The Kier molecular flexibility index (Phi) is 20.6. The van der Waals surface area contributed by atoms with Crippen LogP contribution in [0, 0.1) is 18.8 Å². The highest BCUT2D eigenvalue weighted by atomic mass is 32.2. The molecule has 7 rings (SSSR count). The first-order valence-electron chi connectivity index (χ1n) is 26.9. The third kappa shape index (κ3) is 14.5. The van der Waals surface area contributed by atoms with E-state index in [0.717, 1.165) is 5.56 Å². The van der Waals surface area contributed by atoms with E-state index >= 15 is 0 Å². The second-order valence-electron chi connectivity index (χ2n) is 21.0. The van der Waals surface area contributed by atoms with Crippen LogP contribution in [0.4, 0.5) is 17.1 Å². The number of Topliss-reactive ketones (excluding diaryl/α,β-unsaturated/α-hetero) is 3. The first kappa shape index (κ1) is 61.6. The lowest BCUT2D eigenvalue weighted by Crippen LogP contribution is -2.59. The predicted octanol–water partition coefficient (Wildman–Crippen LogP) is 3.76. The molecule has 434 valence electrons. The molecule has 81 heavy (non-hydrogen) atoms. The van der Waals surface area contributed by atoms with E-state index in [1.54, 1.807) is 80.6 Å². The molecular weight excluding hydrogens is 1070 g/mol. The van der Waals surface area contributed by atoms with Gasteiger partial charge in [-0.1, -0.05) is 67.6 Å². The van der Waals surface area contributed by atoms with E-state index in [2.05, 4.69) is 16.0 Å². The van der Waals surface area contributed by atoms with Crippen molar-refractivity contribution in [3.63, 3.8) is 0 Å². The number of aliphatic hydroxyl groups is 2. The molecule has 0 aromatic heterocycles. The van der Waals surface area contributed by atoms with Crippen LogP contribution in [0.1, 0.15) is 102 Å². The second-order valence-corrected chi connectivity index (χ2v) is 23.1. The summed E-state index contributed by atoms with van der Waals surface area (Å²) in [5.74, 6) is -5.91. The first-order valence-corrected chi connectivity index (χ1v) is 28.6. The van der Waals surface area contributed by atoms with Crippen LogP contribution in [0.5, 0.6) is 0 Å². The number of aliphatic hydroxyl groups excluding tert-OH is 2. The highest BCUT2D eigenvalue weighted by molar-refractivity contribution is 7.91. The van der Waals surface area contributed by atoms with Gasteiger partial charge in [0.15, 0.2) is 45.0 Å². The summed E-state index contributed by atoms with van der Waals surface area (Å²) < 4.78 is 48.8. The average Bonchev–Trinajstić information content (AvgIpc) is 3.36. The van der Waals surface area contributed by atoms with Gasteiger partial charge in [0.25, 0.3) is 0 Å². The van der Waals surface area contributed by atoms with Crippen molar-refractivity contribution in [1.29, 1.82) is 0 Å². The Morgan fingerprint density at radius 1 is 0.815 bits per heavy atom. The Labute approximate surface area is 470 Å². The maximum absolute atomic E-state index is 14.2. The SMILES string of the molecule is CO[C@@H]1OC(COCC(=O)NC(C)C(=O)CC(C)C(=O)N2CCCC2C(=O)CC(Cc2ccccc2)C(=O)NC(C)C(=O)CCCS(=O)(=O)c2cccc(Nc3cc(C)c(N)c4c3C(=O)c3ccccc3C4=O)c2)[C@@H](OC)[C@H](O)C1O. The quantitative estimate of drug-likeness (QED) is 0.0430. The summed E-state index contributed by atoms with van der Waals surface area (Å²) in [6.45, 7) is 5.78. The Balaban J connectivity index is 0.904. The minimum absolute atomic E-state index is 0.0507. The number of nitrogens with two attached hydrogens (primary N) is 1. The Morgan fingerprint density at radius 3 is 2.16 bits per heavy atom. The van der Waals surface area contributed by atoms with Crippen molar-refractivity contribution in [2.24, 2.45) is 11.8 Å². The lowest BCUT2D eigenvalue weighted by Gasteiger charge is -2.41. The molecule has 3 amide bonds. The Morgan fingerprint density at radius 2 is 1.48 bits per heavy atom. The molecule has 7 unspecified atom stereocenters. The number of likely N-dealkylation sites (tertiary alicyclic amines) is 1. The number of benzene rings is 4. The molecule has 1 aliphatic carbocycles. The maximum Gasteiger partial charge on any atom is 0.246 e. The molecule has 3 aliphatic rings. The molecule has 2 saturated heterocycles. The van der Waals surface area contributed by atoms with Crippen molar-refractivity contribution in [2.75, 3.05) is 50.8 Å². The lowest BCUT2D eigenvalue weighted by molar-refractivity contribution is -0.299. The molecule has 0 bridgehead atoms. The van der Waals surface area contributed by atoms with Crippen LogP contribution in [-0.4, -0.2) is 159 Å². The van der Waals surface area contributed by atoms with Gasteiger partial charge >= 0.3 is 0 Å². The molecule has 7 N–H and O–H groups in total. The average molecular weight is 1140 g/mol. The molecule has 2 aliphatic heterocycles. The van der Waals surface area contributed by atoms with Crippen LogP contribution in [-0.2, 0) is 64.0 Å². The van der Waals surface area contributed by atoms with E-state index < -0.39 is 124 Å². The molecule has 21 nitrogen and oxygen atoms in total. The number of nitrogens with one attached hydrogen (secondary N) is 3.